The van der Waals surface area contributed by atoms with Crippen LogP contribution in [0.25, 0.3) is 11.0 Å². The van der Waals surface area contributed by atoms with Crippen LogP contribution >= 0.6 is 0 Å². The summed E-state index contributed by atoms with van der Waals surface area (Å²) in [5.74, 6) is -1.43. The molecule has 1 saturated heterocycles. The van der Waals surface area contributed by atoms with Crippen LogP contribution < -0.4 is 15.5 Å². The Balaban J connectivity index is 1.37. The number of rotatable bonds is 5. The number of furan rings is 1. The predicted molar refractivity (Wildman–Crippen MR) is 115 cm³/mol. The van der Waals surface area contributed by atoms with Gasteiger partial charge >= 0.3 is 11.8 Å². The van der Waals surface area contributed by atoms with E-state index in [1.165, 1.54) is 6.92 Å². The molecule has 1 aromatic heterocycles. The fourth-order valence-corrected chi connectivity index (χ4v) is 3.53. The molecule has 0 radical (unpaired) electrons. The van der Waals surface area contributed by atoms with Gasteiger partial charge in [0.15, 0.2) is 0 Å². The van der Waals surface area contributed by atoms with Gasteiger partial charge in [-0.25, -0.2) is 0 Å². The van der Waals surface area contributed by atoms with Crippen LogP contribution in [0.15, 0.2) is 59.0 Å². The Hall–Kier alpha value is -3.65. The van der Waals surface area contributed by atoms with Gasteiger partial charge in [-0.2, -0.15) is 0 Å². The van der Waals surface area contributed by atoms with Crippen molar-refractivity contribution in [1.29, 1.82) is 0 Å². The van der Waals surface area contributed by atoms with Crippen molar-refractivity contribution < 1.29 is 23.9 Å². The highest BCUT2D eigenvalue weighted by Gasteiger charge is 2.29. The van der Waals surface area contributed by atoms with Gasteiger partial charge in [0.05, 0.1) is 6.54 Å². The summed E-state index contributed by atoms with van der Waals surface area (Å²) in [6.45, 7) is 1.93. The quantitative estimate of drug-likeness (QED) is 0.548. The van der Waals surface area contributed by atoms with Gasteiger partial charge < -0.3 is 25.1 Å². The highest BCUT2D eigenvalue weighted by atomic mass is 16.4. The molecule has 8 heteroatoms. The van der Waals surface area contributed by atoms with E-state index in [9.17, 15) is 19.5 Å². The molecule has 3 aromatic rings. The molecule has 31 heavy (non-hydrogen) atoms. The van der Waals surface area contributed by atoms with Gasteiger partial charge in [-0.1, -0.05) is 24.3 Å². The number of nitrogens with one attached hydrogen (secondary N) is 2. The number of anilines is 2. The summed E-state index contributed by atoms with van der Waals surface area (Å²) in [6, 6.07) is 15.8. The Bertz CT molecular complexity index is 1120. The number of benzene rings is 2. The Labute approximate surface area is 178 Å². The number of carbonyl (C=O) groups is 3. The van der Waals surface area contributed by atoms with Gasteiger partial charge in [0, 0.05) is 29.7 Å². The average Bonchev–Trinajstić information content (AvgIpc) is 3.38. The van der Waals surface area contributed by atoms with Crippen molar-refractivity contribution >= 4 is 40.1 Å². The third-order valence-electron chi connectivity index (χ3n) is 5.24. The van der Waals surface area contributed by atoms with E-state index in [0.29, 0.717) is 29.9 Å². The van der Waals surface area contributed by atoms with E-state index < -0.39 is 17.4 Å². The lowest BCUT2D eigenvalue weighted by molar-refractivity contribution is -0.136. The van der Waals surface area contributed by atoms with E-state index in [-0.39, 0.29) is 18.2 Å². The summed E-state index contributed by atoms with van der Waals surface area (Å²) in [7, 11) is 0. The van der Waals surface area contributed by atoms with E-state index in [4.69, 9.17) is 4.42 Å². The molecule has 8 nitrogen and oxygen atoms in total. The first-order valence-corrected chi connectivity index (χ1v) is 10.0. The molecule has 3 amide bonds. The van der Waals surface area contributed by atoms with Gasteiger partial charge in [0.25, 0.3) is 0 Å². The van der Waals surface area contributed by atoms with Crippen LogP contribution in [0.1, 0.15) is 25.5 Å². The topological polar surface area (TPSA) is 112 Å². The summed E-state index contributed by atoms with van der Waals surface area (Å²) in [6.07, 6.45) is 1.30. The predicted octanol–water partition coefficient (Wildman–Crippen LogP) is 2.52. The standard InChI is InChI=1S/C23H23N3O5/c1-23(30,19-12-15-6-2-3-9-18(15)31-19)14-24-21(28)22(29)25-16-7-4-8-17(13-16)26-11-5-10-20(26)27/h2-4,6-9,12-13,30H,5,10-11,14H2,1H3,(H,24,28)(H,25,29). The fraction of sp³-hybridized carbons (Fsp3) is 0.261. The minimum absolute atomic E-state index is 0.0361. The van der Waals surface area contributed by atoms with Gasteiger partial charge in [-0.15, -0.1) is 0 Å². The first kappa shape index (κ1) is 20.6. The van der Waals surface area contributed by atoms with E-state index in [1.807, 2.05) is 18.2 Å². The minimum atomic E-state index is -1.50. The van der Waals surface area contributed by atoms with Crippen LogP contribution in [-0.2, 0) is 20.0 Å². The monoisotopic (exact) mass is 421 g/mol. The smallest absolute Gasteiger partial charge is 0.313 e. The molecule has 4 rings (SSSR count). The average molecular weight is 421 g/mol. The van der Waals surface area contributed by atoms with Gasteiger partial charge in [0.1, 0.15) is 16.9 Å². The van der Waals surface area contributed by atoms with Crippen molar-refractivity contribution in [2.24, 2.45) is 0 Å². The lowest BCUT2D eigenvalue weighted by Crippen LogP contribution is -2.43. The first-order chi connectivity index (χ1) is 14.8. The minimum Gasteiger partial charge on any atom is -0.458 e. The number of nitrogens with zero attached hydrogens (tertiary/aromatic N) is 1. The number of aliphatic hydroxyl groups is 1. The molecule has 2 heterocycles. The molecule has 1 aliphatic rings. The molecule has 2 aromatic carbocycles. The second-order valence-electron chi connectivity index (χ2n) is 7.76. The second kappa shape index (κ2) is 8.23. The molecule has 1 fully saturated rings. The van der Waals surface area contributed by atoms with Crippen LogP contribution in [0.4, 0.5) is 11.4 Å². The molecule has 1 unspecified atom stereocenters. The first-order valence-electron chi connectivity index (χ1n) is 10.0. The maximum atomic E-state index is 12.3. The lowest BCUT2D eigenvalue weighted by atomic mass is 10.0. The van der Waals surface area contributed by atoms with Crippen molar-refractivity contribution in [3.05, 3.63) is 60.4 Å². The Kier molecular flexibility index (Phi) is 5.48. The molecule has 0 spiro atoms. The van der Waals surface area contributed by atoms with E-state index >= 15 is 0 Å². The number of para-hydroxylation sites is 1. The molecular formula is C23H23N3O5. The van der Waals surface area contributed by atoms with Crippen LogP contribution in [0, 0.1) is 0 Å². The summed E-state index contributed by atoms with van der Waals surface area (Å²) >= 11 is 0. The van der Waals surface area contributed by atoms with Crippen LogP contribution in [0.5, 0.6) is 0 Å². The maximum absolute atomic E-state index is 12.3. The summed E-state index contributed by atoms with van der Waals surface area (Å²) in [4.78, 5) is 38.1. The molecular weight excluding hydrogens is 398 g/mol. The number of carbonyl (C=O) groups excluding carboxylic acids is 3. The zero-order valence-corrected chi connectivity index (χ0v) is 17.1. The molecule has 3 N–H and O–H groups in total. The van der Waals surface area contributed by atoms with Gasteiger partial charge in [-0.3, -0.25) is 14.4 Å². The largest absolute Gasteiger partial charge is 0.458 e. The van der Waals surface area contributed by atoms with Crippen molar-refractivity contribution in [1.82, 2.24) is 5.32 Å². The Morgan fingerprint density at radius 2 is 1.94 bits per heavy atom. The maximum Gasteiger partial charge on any atom is 0.313 e. The normalized spacial score (nSPS) is 15.7. The van der Waals surface area contributed by atoms with Crippen LogP contribution in [0.3, 0.4) is 0 Å². The molecule has 1 atom stereocenters. The van der Waals surface area contributed by atoms with Gasteiger partial charge in [-0.05, 0) is 43.7 Å². The van der Waals surface area contributed by atoms with E-state index in [0.717, 1.165) is 11.8 Å². The summed E-state index contributed by atoms with van der Waals surface area (Å²) in [5, 5.41) is 16.5. The fourth-order valence-electron chi connectivity index (χ4n) is 3.53. The van der Waals surface area contributed by atoms with Gasteiger partial charge in [0.2, 0.25) is 5.91 Å². The second-order valence-corrected chi connectivity index (χ2v) is 7.76. The van der Waals surface area contributed by atoms with E-state index in [2.05, 4.69) is 10.6 Å². The highest BCUT2D eigenvalue weighted by Crippen LogP contribution is 2.27. The van der Waals surface area contributed by atoms with Crippen LogP contribution in [-0.4, -0.2) is 35.9 Å². The Morgan fingerprint density at radius 1 is 1.13 bits per heavy atom. The highest BCUT2D eigenvalue weighted by molar-refractivity contribution is 6.39. The molecule has 1 aliphatic heterocycles. The number of amides is 3. The van der Waals surface area contributed by atoms with Crippen molar-refractivity contribution in [2.45, 2.75) is 25.4 Å². The molecule has 0 saturated carbocycles. The lowest BCUT2D eigenvalue weighted by Gasteiger charge is -2.21. The number of hydrogen-bond donors (Lipinski definition) is 3. The van der Waals surface area contributed by atoms with Crippen molar-refractivity contribution in [2.75, 3.05) is 23.3 Å². The Morgan fingerprint density at radius 3 is 2.68 bits per heavy atom. The SMILES string of the molecule is CC(O)(CNC(=O)C(=O)Nc1cccc(N2CCCC2=O)c1)c1cc2ccccc2o1. The summed E-state index contributed by atoms with van der Waals surface area (Å²) < 4.78 is 5.66. The third-order valence-corrected chi connectivity index (χ3v) is 5.24. The molecule has 0 bridgehead atoms. The zero-order valence-electron chi connectivity index (χ0n) is 17.1. The number of hydrogen-bond acceptors (Lipinski definition) is 5. The molecule has 160 valence electrons. The number of fused-ring (bicyclic) bond motifs is 1. The zero-order chi connectivity index (χ0) is 22.0. The van der Waals surface area contributed by atoms with E-state index in [1.54, 1.807) is 41.3 Å². The third kappa shape index (κ3) is 4.44. The summed E-state index contributed by atoms with van der Waals surface area (Å²) in [5.41, 5.74) is 0.207. The van der Waals surface area contributed by atoms with Crippen LogP contribution in [0.2, 0.25) is 0 Å². The van der Waals surface area contributed by atoms with Crippen molar-refractivity contribution in [3.8, 4) is 0 Å². The molecule has 0 aliphatic carbocycles. The van der Waals surface area contributed by atoms with Crippen molar-refractivity contribution in [3.63, 3.8) is 0 Å².